The van der Waals surface area contributed by atoms with Crippen LogP contribution in [0.5, 0.6) is 0 Å². The average molecular weight is 359 g/mol. The van der Waals surface area contributed by atoms with Gasteiger partial charge in [-0.25, -0.2) is 17.2 Å². The molecule has 2 aliphatic rings. The Morgan fingerprint density at radius 3 is 2.38 bits per heavy atom. The first-order valence-corrected chi connectivity index (χ1v) is 9.27. The molecule has 2 fully saturated rings. The van der Waals surface area contributed by atoms with Crippen molar-refractivity contribution in [3.63, 3.8) is 0 Å². The SMILES string of the molecule is O=C(CN1CCN(S(=O)(=O)c2ccc(F)c(F)c2)CC1)NC1CC1. The number of sulfonamides is 1. The zero-order valence-corrected chi connectivity index (χ0v) is 13.9. The van der Waals surface area contributed by atoms with Crippen molar-refractivity contribution in [1.82, 2.24) is 14.5 Å². The Balaban J connectivity index is 1.58. The predicted molar refractivity (Wildman–Crippen MR) is 82.7 cm³/mol. The van der Waals surface area contributed by atoms with Crippen LogP contribution in [0.15, 0.2) is 23.1 Å². The fourth-order valence-corrected chi connectivity index (χ4v) is 4.05. The first kappa shape index (κ1) is 17.2. The number of rotatable bonds is 5. The molecule has 0 aromatic heterocycles. The number of halogens is 2. The summed E-state index contributed by atoms with van der Waals surface area (Å²) in [5, 5.41) is 2.89. The Hall–Kier alpha value is -1.58. The highest BCUT2D eigenvalue weighted by molar-refractivity contribution is 7.89. The summed E-state index contributed by atoms with van der Waals surface area (Å²) >= 11 is 0. The van der Waals surface area contributed by atoms with E-state index in [2.05, 4.69) is 5.32 Å². The van der Waals surface area contributed by atoms with Gasteiger partial charge in [0, 0.05) is 32.2 Å². The summed E-state index contributed by atoms with van der Waals surface area (Å²) in [6.07, 6.45) is 2.04. The second kappa shape index (κ2) is 6.73. The summed E-state index contributed by atoms with van der Waals surface area (Å²) in [5.74, 6) is -2.32. The molecule has 1 amide bonds. The Bertz CT molecular complexity index is 729. The zero-order valence-electron chi connectivity index (χ0n) is 13.0. The van der Waals surface area contributed by atoms with Crippen molar-refractivity contribution in [3.05, 3.63) is 29.8 Å². The highest BCUT2D eigenvalue weighted by atomic mass is 32.2. The lowest BCUT2D eigenvalue weighted by molar-refractivity contribution is -0.122. The van der Waals surface area contributed by atoms with Gasteiger partial charge in [-0.2, -0.15) is 4.31 Å². The van der Waals surface area contributed by atoms with Crippen molar-refractivity contribution >= 4 is 15.9 Å². The molecule has 1 saturated heterocycles. The van der Waals surface area contributed by atoms with E-state index in [0.717, 1.165) is 25.0 Å². The summed E-state index contributed by atoms with van der Waals surface area (Å²) < 4.78 is 52.4. The highest BCUT2D eigenvalue weighted by Gasteiger charge is 2.30. The normalized spacial score (nSPS) is 20.1. The van der Waals surface area contributed by atoms with E-state index < -0.39 is 21.7 Å². The maximum atomic E-state index is 13.3. The Morgan fingerprint density at radius 2 is 1.79 bits per heavy atom. The van der Waals surface area contributed by atoms with Gasteiger partial charge in [-0.05, 0) is 31.0 Å². The van der Waals surface area contributed by atoms with E-state index in [0.29, 0.717) is 25.2 Å². The summed E-state index contributed by atoms with van der Waals surface area (Å²) in [6.45, 7) is 1.49. The fourth-order valence-electron chi connectivity index (χ4n) is 2.62. The molecule has 3 rings (SSSR count). The Kier molecular flexibility index (Phi) is 4.84. The van der Waals surface area contributed by atoms with Gasteiger partial charge in [-0.3, -0.25) is 9.69 Å². The molecule has 1 aromatic rings. The number of hydrogen-bond acceptors (Lipinski definition) is 4. The van der Waals surface area contributed by atoms with Crippen LogP contribution in [0.4, 0.5) is 8.78 Å². The van der Waals surface area contributed by atoms with Crippen molar-refractivity contribution in [2.75, 3.05) is 32.7 Å². The molecule has 1 heterocycles. The number of benzene rings is 1. The second-order valence-corrected chi connectivity index (χ2v) is 8.04. The van der Waals surface area contributed by atoms with E-state index in [1.165, 1.54) is 4.31 Å². The van der Waals surface area contributed by atoms with E-state index in [4.69, 9.17) is 0 Å². The van der Waals surface area contributed by atoms with Crippen LogP contribution in [-0.2, 0) is 14.8 Å². The fraction of sp³-hybridized carbons (Fsp3) is 0.533. The van der Waals surface area contributed by atoms with Gasteiger partial charge in [0.15, 0.2) is 11.6 Å². The summed E-state index contributed by atoms with van der Waals surface area (Å²) in [6, 6.07) is 2.86. The smallest absolute Gasteiger partial charge is 0.243 e. The van der Waals surface area contributed by atoms with Gasteiger partial charge >= 0.3 is 0 Å². The minimum atomic E-state index is -3.86. The lowest BCUT2D eigenvalue weighted by atomic mass is 10.3. The van der Waals surface area contributed by atoms with Crippen molar-refractivity contribution in [2.45, 2.75) is 23.8 Å². The molecule has 1 saturated carbocycles. The van der Waals surface area contributed by atoms with E-state index in [1.807, 2.05) is 4.90 Å². The minimum Gasteiger partial charge on any atom is -0.352 e. The van der Waals surface area contributed by atoms with E-state index >= 15 is 0 Å². The van der Waals surface area contributed by atoms with Gasteiger partial charge in [-0.1, -0.05) is 0 Å². The molecule has 0 bridgehead atoms. The predicted octanol–water partition coefficient (Wildman–Crippen LogP) is 0.550. The van der Waals surface area contributed by atoms with Gasteiger partial charge in [-0.15, -0.1) is 0 Å². The monoisotopic (exact) mass is 359 g/mol. The van der Waals surface area contributed by atoms with E-state index in [1.54, 1.807) is 0 Å². The molecule has 24 heavy (non-hydrogen) atoms. The Labute approximate surface area is 139 Å². The maximum Gasteiger partial charge on any atom is 0.243 e. The Morgan fingerprint density at radius 1 is 1.12 bits per heavy atom. The van der Waals surface area contributed by atoms with Crippen LogP contribution in [0, 0.1) is 11.6 Å². The van der Waals surface area contributed by atoms with Gasteiger partial charge in [0.2, 0.25) is 15.9 Å². The third-order valence-corrected chi connectivity index (χ3v) is 6.06. The van der Waals surface area contributed by atoms with Crippen molar-refractivity contribution in [1.29, 1.82) is 0 Å². The second-order valence-electron chi connectivity index (χ2n) is 6.10. The van der Waals surface area contributed by atoms with Crippen LogP contribution in [0.1, 0.15) is 12.8 Å². The molecule has 9 heteroatoms. The topological polar surface area (TPSA) is 69.7 Å². The lowest BCUT2D eigenvalue weighted by Crippen LogP contribution is -2.51. The highest BCUT2D eigenvalue weighted by Crippen LogP contribution is 2.20. The molecule has 0 spiro atoms. The van der Waals surface area contributed by atoms with Crippen LogP contribution >= 0.6 is 0 Å². The standard InChI is InChI=1S/C15H19F2N3O3S/c16-13-4-3-12(9-14(13)17)24(22,23)20-7-5-19(6-8-20)10-15(21)18-11-1-2-11/h3-4,9,11H,1-2,5-8,10H2,(H,18,21). The molecular formula is C15H19F2N3O3S. The van der Waals surface area contributed by atoms with E-state index in [-0.39, 0.29) is 30.4 Å². The van der Waals surface area contributed by atoms with Gasteiger partial charge in [0.05, 0.1) is 11.4 Å². The van der Waals surface area contributed by atoms with Gasteiger partial charge < -0.3 is 5.32 Å². The molecule has 1 aliphatic carbocycles. The maximum absolute atomic E-state index is 13.3. The molecule has 1 aliphatic heterocycles. The van der Waals surface area contributed by atoms with Gasteiger partial charge in [0.1, 0.15) is 0 Å². The number of hydrogen-bond donors (Lipinski definition) is 1. The van der Waals surface area contributed by atoms with Gasteiger partial charge in [0.25, 0.3) is 0 Å². The summed E-state index contributed by atoms with van der Waals surface area (Å²) in [7, 11) is -3.86. The first-order valence-electron chi connectivity index (χ1n) is 7.83. The molecule has 0 radical (unpaired) electrons. The van der Waals surface area contributed by atoms with Crippen LogP contribution in [0.25, 0.3) is 0 Å². The van der Waals surface area contributed by atoms with Crippen LogP contribution in [0.2, 0.25) is 0 Å². The number of carbonyl (C=O) groups is 1. The molecule has 0 unspecified atom stereocenters. The third kappa shape index (κ3) is 3.90. The summed E-state index contributed by atoms with van der Waals surface area (Å²) in [4.78, 5) is 13.4. The molecule has 1 aromatic carbocycles. The molecule has 1 N–H and O–H groups in total. The van der Waals surface area contributed by atoms with Crippen molar-refractivity contribution in [2.24, 2.45) is 0 Å². The number of carbonyl (C=O) groups excluding carboxylic acids is 1. The number of amides is 1. The quantitative estimate of drug-likeness (QED) is 0.834. The number of nitrogens with one attached hydrogen (secondary N) is 1. The molecule has 0 atom stereocenters. The third-order valence-electron chi connectivity index (χ3n) is 4.17. The number of piperazine rings is 1. The average Bonchev–Trinajstić information content (AvgIpc) is 3.34. The lowest BCUT2D eigenvalue weighted by Gasteiger charge is -2.33. The van der Waals surface area contributed by atoms with Crippen molar-refractivity contribution in [3.8, 4) is 0 Å². The molecule has 132 valence electrons. The zero-order chi connectivity index (χ0) is 17.3. The van der Waals surface area contributed by atoms with E-state index in [9.17, 15) is 22.0 Å². The number of nitrogens with zero attached hydrogens (tertiary/aromatic N) is 2. The first-order chi connectivity index (χ1) is 11.4. The summed E-state index contributed by atoms with van der Waals surface area (Å²) in [5.41, 5.74) is 0. The van der Waals surface area contributed by atoms with Crippen LogP contribution in [-0.4, -0.2) is 62.3 Å². The largest absolute Gasteiger partial charge is 0.352 e. The van der Waals surface area contributed by atoms with Crippen LogP contribution < -0.4 is 5.32 Å². The minimum absolute atomic E-state index is 0.0468. The van der Waals surface area contributed by atoms with Crippen molar-refractivity contribution < 1.29 is 22.0 Å². The molecule has 6 nitrogen and oxygen atoms in total. The van der Waals surface area contributed by atoms with Crippen LogP contribution in [0.3, 0.4) is 0 Å². The molecular weight excluding hydrogens is 340 g/mol.